The molecule has 0 radical (unpaired) electrons. The molecule has 11 nitrogen and oxygen atoms in total. The van der Waals surface area contributed by atoms with Crippen LogP contribution in [0.5, 0.6) is 0 Å². The van der Waals surface area contributed by atoms with Gasteiger partial charge >= 0.3 is 12.1 Å². The number of aliphatic hydroxyl groups excluding tert-OH is 1. The molecule has 5 aliphatic rings. The van der Waals surface area contributed by atoms with Gasteiger partial charge in [0.2, 0.25) is 17.7 Å². The van der Waals surface area contributed by atoms with Gasteiger partial charge in [0.1, 0.15) is 12.1 Å². The average molecular weight is 642 g/mol. The van der Waals surface area contributed by atoms with Gasteiger partial charge in [-0.3, -0.25) is 24.0 Å². The van der Waals surface area contributed by atoms with Gasteiger partial charge in [0, 0.05) is 25.0 Å². The minimum atomic E-state index is -5.17. The van der Waals surface area contributed by atoms with Crippen LogP contribution in [0.3, 0.4) is 0 Å². The van der Waals surface area contributed by atoms with Crippen molar-refractivity contribution in [2.75, 3.05) is 13.1 Å². The van der Waals surface area contributed by atoms with E-state index in [1.165, 1.54) is 4.90 Å². The number of rotatable bonds is 10. The van der Waals surface area contributed by atoms with Crippen LogP contribution in [0.1, 0.15) is 89.9 Å². The van der Waals surface area contributed by atoms with Crippen molar-refractivity contribution in [2.24, 2.45) is 23.7 Å². The van der Waals surface area contributed by atoms with Crippen molar-refractivity contribution in [2.45, 2.75) is 126 Å². The third-order valence-corrected chi connectivity index (χ3v) is 10.8. The molecule has 0 aromatic heterocycles. The molecule has 45 heavy (non-hydrogen) atoms. The lowest BCUT2D eigenvalue weighted by atomic mass is 9.83. The molecular formula is C31H46F3N5O6. The molecule has 0 spiro atoms. The smallest absolute Gasteiger partial charge is 0.381 e. The highest BCUT2D eigenvalue weighted by Gasteiger charge is 2.53. The van der Waals surface area contributed by atoms with Gasteiger partial charge in [0.05, 0.1) is 6.04 Å². The van der Waals surface area contributed by atoms with E-state index >= 15 is 0 Å². The van der Waals surface area contributed by atoms with Gasteiger partial charge in [0.15, 0.2) is 6.10 Å². The van der Waals surface area contributed by atoms with Crippen LogP contribution in [0.25, 0.3) is 0 Å². The van der Waals surface area contributed by atoms with Gasteiger partial charge in [0.25, 0.3) is 5.91 Å². The van der Waals surface area contributed by atoms with E-state index in [4.69, 9.17) is 0 Å². The molecule has 0 aromatic rings. The molecule has 2 saturated heterocycles. The van der Waals surface area contributed by atoms with Gasteiger partial charge in [-0.15, -0.1) is 0 Å². The molecule has 5 fully saturated rings. The zero-order valence-corrected chi connectivity index (χ0v) is 25.6. The monoisotopic (exact) mass is 641 g/mol. The first kappa shape index (κ1) is 33.5. The molecule has 3 aliphatic carbocycles. The Kier molecular flexibility index (Phi) is 10.6. The maximum atomic E-state index is 14.1. The topological polar surface area (TPSA) is 157 Å². The first-order chi connectivity index (χ1) is 21.4. The van der Waals surface area contributed by atoms with E-state index in [0.29, 0.717) is 32.2 Å². The summed E-state index contributed by atoms with van der Waals surface area (Å²) in [5.74, 6) is -5.69. The summed E-state index contributed by atoms with van der Waals surface area (Å²) in [5.41, 5.74) is 0. The lowest BCUT2D eigenvalue weighted by Crippen LogP contribution is -2.60. The van der Waals surface area contributed by atoms with Crippen LogP contribution in [0.4, 0.5) is 13.2 Å². The van der Waals surface area contributed by atoms with Crippen LogP contribution in [0.2, 0.25) is 0 Å². The van der Waals surface area contributed by atoms with E-state index in [0.717, 1.165) is 57.8 Å². The summed E-state index contributed by atoms with van der Waals surface area (Å²) >= 11 is 0. The maximum Gasteiger partial charge on any atom is 0.471 e. The first-order valence-corrected chi connectivity index (χ1v) is 16.7. The van der Waals surface area contributed by atoms with Crippen LogP contribution in [-0.2, 0) is 24.0 Å². The molecule has 0 bridgehead atoms. The van der Waals surface area contributed by atoms with Crippen LogP contribution >= 0.6 is 0 Å². The standard InChI is InChI=1S/C31H46F3N5O6/c32-31(33,34)30(45)38-23(17-7-2-1-3-8-17)29(44)39-16-19-9-6-12-21(19)24(39)27(42)37-22(15-18-13-14-35-26(18)41)25(40)28(43)36-20-10-4-5-11-20/h17-25,40H,1-16H2,(H,35,41)(H,36,43)(H,37,42)(H,38,45)/t18-,19-,21-,22-,23-,24-,25+/m0/s1. The summed E-state index contributed by atoms with van der Waals surface area (Å²) in [6.07, 6.45) is 2.70. The highest BCUT2D eigenvalue weighted by molar-refractivity contribution is 5.94. The third kappa shape index (κ3) is 7.74. The van der Waals surface area contributed by atoms with Crippen molar-refractivity contribution in [1.29, 1.82) is 0 Å². The Labute approximate surface area is 261 Å². The molecule has 0 unspecified atom stereocenters. The number of aliphatic hydroxyl groups is 1. The summed E-state index contributed by atoms with van der Waals surface area (Å²) in [6, 6.07) is -3.66. The number of likely N-dealkylation sites (tertiary alicyclic amines) is 1. The Balaban J connectivity index is 1.37. The minimum absolute atomic E-state index is 0.0118. The molecule has 252 valence electrons. The number of alkyl halides is 3. The number of fused-ring (bicyclic) bond motifs is 1. The number of carbonyl (C=O) groups is 5. The third-order valence-electron chi connectivity index (χ3n) is 10.8. The van der Waals surface area contributed by atoms with Crippen molar-refractivity contribution in [3.8, 4) is 0 Å². The van der Waals surface area contributed by atoms with E-state index < -0.39 is 65.9 Å². The zero-order valence-electron chi connectivity index (χ0n) is 25.6. The van der Waals surface area contributed by atoms with Gasteiger partial charge < -0.3 is 31.3 Å². The maximum absolute atomic E-state index is 14.1. The molecule has 0 aromatic carbocycles. The predicted octanol–water partition coefficient (Wildman–Crippen LogP) is 1.67. The normalized spacial score (nSPS) is 29.5. The Morgan fingerprint density at radius 1 is 0.911 bits per heavy atom. The fourth-order valence-corrected chi connectivity index (χ4v) is 8.37. The second-order valence-electron chi connectivity index (χ2n) is 13.7. The molecule has 2 aliphatic heterocycles. The largest absolute Gasteiger partial charge is 0.471 e. The average Bonchev–Trinajstić information content (AvgIpc) is 3.81. The van der Waals surface area contributed by atoms with Crippen molar-refractivity contribution < 1.29 is 42.3 Å². The van der Waals surface area contributed by atoms with Crippen molar-refractivity contribution in [3.63, 3.8) is 0 Å². The van der Waals surface area contributed by atoms with Crippen LogP contribution in [0, 0.1) is 23.7 Å². The molecule has 3 saturated carbocycles. The number of nitrogens with one attached hydrogen (secondary N) is 4. The van der Waals surface area contributed by atoms with Crippen molar-refractivity contribution in [1.82, 2.24) is 26.2 Å². The highest BCUT2D eigenvalue weighted by Crippen LogP contribution is 2.43. The van der Waals surface area contributed by atoms with Gasteiger partial charge in [-0.05, 0) is 69.1 Å². The summed E-state index contributed by atoms with van der Waals surface area (Å²) in [4.78, 5) is 67.1. The second-order valence-corrected chi connectivity index (χ2v) is 13.7. The number of amides is 5. The first-order valence-electron chi connectivity index (χ1n) is 16.7. The van der Waals surface area contributed by atoms with Crippen molar-refractivity contribution in [3.05, 3.63) is 0 Å². The number of hydrogen-bond acceptors (Lipinski definition) is 6. The van der Waals surface area contributed by atoms with Gasteiger partial charge in [-0.25, -0.2) is 0 Å². The van der Waals surface area contributed by atoms with E-state index in [9.17, 15) is 42.3 Å². The highest BCUT2D eigenvalue weighted by atomic mass is 19.4. The van der Waals surface area contributed by atoms with E-state index in [2.05, 4.69) is 16.0 Å². The summed E-state index contributed by atoms with van der Waals surface area (Å²) in [6.45, 7) is 0.614. The Morgan fingerprint density at radius 2 is 1.60 bits per heavy atom. The summed E-state index contributed by atoms with van der Waals surface area (Å²) in [5, 5.41) is 21.5. The fraction of sp³-hybridized carbons (Fsp3) is 0.839. The number of hydrogen-bond donors (Lipinski definition) is 5. The van der Waals surface area contributed by atoms with E-state index in [1.807, 2.05) is 5.32 Å². The van der Waals surface area contributed by atoms with Crippen LogP contribution in [-0.4, -0.2) is 89.1 Å². The lowest BCUT2D eigenvalue weighted by molar-refractivity contribution is -0.175. The molecule has 14 heteroatoms. The van der Waals surface area contributed by atoms with Crippen LogP contribution < -0.4 is 21.3 Å². The SMILES string of the molecule is O=C1NCC[C@H]1C[C@H](NC(=O)[C@@H]1[C@H]2CCC[C@H]2CN1C(=O)[C@@H](NC(=O)C(F)(F)F)C1CCCCC1)[C@@H](O)C(=O)NC1CCCC1. The number of nitrogens with zero attached hydrogens (tertiary/aromatic N) is 1. The molecule has 7 atom stereocenters. The van der Waals surface area contributed by atoms with Crippen molar-refractivity contribution >= 4 is 29.5 Å². The molecule has 5 N–H and O–H groups in total. The van der Waals surface area contributed by atoms with Crippen LogP contribution in [0.15, 0.2) is 0 Å². The Morgan fingerprint density at radius 3 is 2.24 bits per heavy atom. The Hall–Kier alpha value is -2.90. The van der Waals surface area contributed by atoms with Gasteiger partial charge in [-0.1, -0.05) is 38.5 Å². The molecular weight excluding hydrogens is 595 g/mol. The molecule has 5 amide bonds. The second kappa shape index (κ2) is 14.3. The molecule has 5 rings (SSSR count). The minimum Gasteiger partial charge on any atom is -0.381 e. The lowest BCUT2D eigenvalue weighted by Gasteiger charge is -2.36. The van der Waals surface area contributed by atoms with E-state index in [1.54, 1.807) is 0 Å². The Bertz CT molecular complexity index is 1130. The summed E-state index contributed by atoms with van der Waals surface area (Å²) < 4.78 is 40.0. The number of halogens is 3. The van der Waals surface area contributed by atoms with Gasteiger partial charge in [-0.2, -0.15) is 13.2 Å². The fourth-order valence-electron chi connectivity index (χ4n) is 8.37. The van der Waals surface area contributed by atoms with E-state index in [-0.39, 0.29) is 36.8 Å². The quantitative estimate of drug-likeness (QED) is 0.244. The zero-order chi connectivity index (χ0) is 32.3. The summed E-state index contributed by atoms with van der Waals surface area (Å²) in [7, 11) is 0. The molecule has 2 heterocycles. The number of carbonyl (C=O) groups excluding carboxylic acids is 5. The predicted molar refractivity (Wildman–Crippen MR) is 155 cm³/mol.